The van der Waals surface area contributed by atoms with E-state index in [2.05, 4.69) is 37.1 Å². The van der Waals surface area contributed by atoms with E-state index in [-0.39, 0.29) is 12.5 Å². The van der Waals surface area contributed by atoms with Crippen molar-refractivity contribution in [2.45, 2.75) is 20.1 Å². The zero-order chi connectivity index (χ0) is 22.7. The van der Waals surface area contributed by atoms with Crippen molar-refractivity contribution in [2.24, 2.45) is 0 Å². The van der Waals surface area contributed by atoms with E-state index in [1.807, 2.05) is 25.3 Å². The standard InChI is InChI=1S/C22H28N6O3S/c1-14-18-21(31-4)25-16(13-30-3)26-22(18)32-19(14)20(29)24-12-15-5-6-17(23-11-15)28-9-7-27(2)8-10-28/h5-6,11H,7-10,12-13H2,1-4H3,(H,24,29). The predicted molar refractivity (Wildman–Crippen MR) is 125 cm³/mol. The second kappa shape index (κ2) is 9.76. The monoisotopic (exact) mass is 456 g/mol. The highest BCUT2D eigenvalue weighted by Gasteiger charge is 2.21. The number of methoxy groups -OCH3 is 2. The van der Waals surface area contributed by atoms with Gasteiger partial charge in [-0.25, -0.2) is 9.97 Å². The van der Waals surface area contributed by atoms with E-state index < -0.39 is 0 Å². The number of ether oxygens (including phenoxy) is 2. The van der Waals surface area contributed by atoms with Gasteiger partial charge >= 0.3 is 0 Å². The molecular weight excluding hydrogens is 428 g/mol. The van der Waals surface area contributed by atoms with E-state index in [1.165, 1.54) is 11.3 Å². The Hall–Kier alpha value is -2.82. The molecule has 1 aliphatic heterocycles. The van der Waals surface area contributed by atoms with Crippen LogP contribution in [0.3, 0.4) is 0 Å². The maximum atomic E-state index is 12.9. The van der Waals surface area contributed by atoms with Crippen LogP contribution in [0.5, 0.6) is 5.88 Å². The number of nitrogens with zero attached hydrogens (tertiary/aromatic N) is 5. The molecule has 1 aliphatic rings. The summed E-state index contributed by atoms with van der Waals surface area (Å²) in [6.07, 6.45) is 1.83. The Bertz CT molecular complexity index is 1090. The number of amides is 1. The molecule has 3 aromatic heterocycles. The molecular formula is C22H28N6O3S. The van der Waals surface area contributed by atoms with Gasteiger partial charge in [-0.05, 0) is 31.2 Å². The number of nitrogens with one attached hydrogen (secondary N) is 1. The molecule has 1 N–H and O–H groups in total. The van der Waals surface area contributed by atoms with Crippen molar-refractivity contribution in [3.8, 4) is 5.88 Å². The molecule has 0 unspecified atom stereocenters. The molecule has 1 amide bonds. The number of hydrogen-bond acceptors (Lipinski definition) is 9. The summed E-state index contributed by atoms with van der Waals surface area (Å²) >= 11 is 1.33. The van der Waals surface area contributed by atoms with Crippen LogP contribution >= 0.6 is 11.3 Å². The quantitative estimate of drug-likeness (QED) is 0.579. The molecule has 0 atom stereocenters. The number of carbonyl (C=O) groups excluding carboxylic acids is 1. The summed E-state index contributed by atoms with van der Waals surface area (Å²) in [5.74, 6) is 1.81. The van der Waals surface area contributed by atoms with Crippen LogP contribution < -0.4 is 15.0 Å². The van der Waals surface area contributed by atoms with Crippen molar-refractivity contribution in [2.75, 3.05) is 52.3 Å². The first kappa shape index (κ1) is 22.4. The predicted octanol–water partition coefficient (Wildman–Crippen LogP) is 2.23. The smallest absolute Gasteiger partial charge is 0.261 e. The van der Waals surface area contributed by atoms with Crippen molar-refractivity contribution in [3.05, 3.63) is 40.2 Å². The second-order valence-corrected chi connectivity index (χ2v) is 8.82. The van der Waals surface area contributed by atoms with Gasteiger partial charge in [-0.3, -0.25) is 4.79 Å². The lowest BCUT2D eigenvalue weighted by Crippen LogP contribution is -2.44. The van der Waals surface area contributed by atoms with E-state index >= 15 is 0 Å². The highest BCUT2D eigenvalue weighted by molar-refractivity contribution is 7.20. The second-order valence-electron chi connectivity index (χ2n) is 7.82. The lowest BCUT2D eigenvalue weighted by Gasteiger charge is -2.33. The molecule has 4 heterocycles. The molecule has 0 radical (unpaired) electrons. The fourth-order valence-corrected chi connectivity index (χ4v) is 4.82. The highest BCUT2D eigenvalue weighted by atomic mass is 32.1. The topological polar surface area (TPSA) is 92.7 Å². The Balaban J connectivity index is 1.45. The number of pyridine rings is 1. The van der Waals surface area contributed by atoms with Gasteiger partial charge in [0, 0.05) is 46.0 Å². The zero-order valence-electron chi connectivity index (χ0n) is 18.8. The third kappa shape index (κ3) is 4.67. The molecule has 0 saturated carbocycles. The van der Waals surface area contributed by atoms with Gasteiger partial charge in [-0.15, -0.1) is 11.3 Å². The minimum Gasteiger partial charge on any atom is -0.480 e. The van der Waals surface area contributed by atoms with Crippen LogP contribution in [0.2, 0.25) is 0 Å². The molecule has 4 rings (SSSR count). The molecule has 170 valence electrons. The van der Waals surface area contributed by atoms with E-state index in [9.17, 15) is 4.79 Å². The maximum absolute atomic E-state index is 12.9. The molecule has 0 bridgehead atoms. The third-order valence-corrected chi connectivity index (χ3v) is 6.75. The Morgan fingerprint density at radius 2 is 1.97 bits per heavy atom. The minimum absolute atomic E-state index is 0.149. The highest BCUT2D eigenvalue weighted by Crippen LogP contribution is 2.35. The summed E-state index contributed by atoms with van der Waals surface area (Å²) in [6, 6.07) is 4.04. The van der Waals surface area contributed by atoms with Crippen LogP contribution in [0.25, 0.3) is 10.2 Å². The van der Waals surface area contributed by atoms with Crippen LogP contribution in [-0.4, -0.2) is 73.2 Å². The average Bonchev–Trinajstić information content (AvgIpc) is 3.14. The first-order valence-corrected chi connectivity index (χ1v) is 11.3. The van der Waals surface area contributed by atoms with Crippen LogP contribution in [0, 0.1) is 6.92 Å². The van der Waals surface area contributed by atoms with Crippen molar-refractivity contribution < 1.29 is 14.3 Å². The molecule has 0 aromatic carbocycles. The van der Waals surface area contributed by atoms with Crippen LogP contribution in [-0.2, 0) is 17.9 Å². The number of hydrogen-bond donors (Lipinski definition) is 1. The number of thiophene rings is 1. The van der Waals surface area contributed by atoms with Crippen molar-refractivity contribution in [3.63, 3.8) is 0 Å². The Labute approximate surface area is 191 Å². The van der Waals surface area contributed by atoms with E-state index in [0.29, 0.717) is 28.0 Å². The minimum atomic E-state index is -0.149. The van der Waals surface area contributed by atoms with Crippen molar-refractivity contribution in [1.29, 1.82) is 0 Å². The van der Waals surface area contributed by atoms with Crippen LogP contribution in [0.15, 0.2) is 18.3 Å². The van der Waals surface area contributed by atoms with Gasteiger partial charge in [0.2, 0.25) is 5.88 Å². The molecule has 0 aliphatic carbocycles. The largest absolute Gasteiger partial charge is 0.480 e. The number of aromatic nitrogens is 3. The number of likely N-dealkylation sites (N-methyl/N-ethyl adjacent to an activating group) is 1. The summed E-state index contributed by atoms with van der Waals surface area (Å²) in [7, 11) is 5.29. The molecule has 32 heavy (non-hydrogen) atoms. The average molecular weight is 457 g/mol. The maximum Gasteiger partial charge on any atom is 0.261 e. The fraction of sp³-hybridized carbons (Fsp3) is 0.455. The molecule has 9 nitrogen and oxygen atoms in total. The lowest BCUT2D eigenvalue weighted by molar-refractivity contribution is 0.0954. The van der Waals surface area contributed by atoms with Gasteiger partial charge in [-0.2, -0.15) is 4.98 Å². The van der Waals surface area contributed by atoms with Crippen molar-refractivity contribution >= 4 is 33.3 Å². The van der Waals surface area contributed by atoms with Crippen LogP contribution in [0.1, 0.15) is 26.6 Å². The molecule has 1 fully saturated rings. The van der Waals surface area contributed by atoms with Gasteiger partial charge in [0.15, 0.2) is 5.82 Å². The van der Waals surface area contributed by atoms with E-state index in [1.54, 1.807) is 14.2 Å². The Morgan fingerprint density at radius 1 is 1.19 bits per heavy atom. The van der Waals surface area contributed by atoms with Crippen LogP contribution in [0.4, 0.5) is 5.82 Å². The third-order valence-electron chi connectivity index (χ3n) is 5.57. The van der Waals surface area contributed by atoms with Gasteiger partial charge in [-0.1, -0.05) is 6.07 Å². The van der Waals surface area contributed by atoms with Gasteiger partial charge < -0.3 is 24.6 Å². The number of piperazine rings is 1. The SMILES string of the molecule is COCc1nc(OC)c2c(C)c(C(=O)NCc3ccc(N4CCN(C)CC4)nc3)sc2n1. The first-order valence-electron chi connectivity index (χ1n) is 10.5. The van der Waals surface area contributed by atoms with Crippen molar-refractivity contribution in [1.82, 2.24) is 25.2 Å². The van der Waals surface area contributed by atoms with Gasteiger partial charge in [0.1, 0.15) is 17.3 Å². The fourth-order valence-electron chi connectivity index (χ4n) is 3.71. The van der Waals surface area contributed by atoms with Gasteiger partial charge in [0.25, 0.3) is 5.91 Å². The zero-order valence-corrected chi connectivity index (χ0v) is 19.7. The number of aryl methyl sites for hydroxylation is 1. The Kier molecular flexibility index (Phi) is 6.83. The number of fused-ring (bicyclic) bond motifs is 1. The van der Waals surface area contributed by atoms with Gasteiger partial charge in [0.05, 0.1) is 17.4 Å². The summed E-state index contributed by atoms with van der Waals surface area (Å²) in [5, 5.41) is 3.76. The lowest BCUT2D eigenvalue weighted by atomic mass is 10.2. The Morgan fingerprint density at radius 3 is 2.62 bits per heavy atom. The molecule has 3 aromatic rings. The summed E-state index contributed by atoms with van der Waals surface area (Å²) in [6.45, 7) is 6.60. The van der Waals surface area contributed by atoms with E-state index in [0.717, 1.165) is 48.5 Å². The summed E-state index contributed by atoms with van der Waals surface area (Å²) in [4.78, 5) is 32.3. The van der Waals surface area contributed by atoms with E-state index in [4.69, 9.17) is 9.47 Å². The number of carbonyl (C=O) groups is 1. The first-order chi connectivity index (χ1) is 15.5. The number of anilines is 1. The normalized spacial score (nSPS) is 14.7. The summed E-state index contributed by atoms with van der Waals surface area (Å²) < 4.78 is 10.6. The summed E-state index contributed by atoms with van der Waals surface area (Å²) in [5.41, 5.74) is 1.77. The molecule has 0 spiro atoms. The molecule has 1 saturated heterocycles. The number of rotatable bonds is 7. The molecule has 10 heteroatoms.